The van der Waals surface area contributed by atoms with Crippen LogP contribution in [0, 0.1) is 11.6 Å². The number of nitrogens with zero attached hydrogens (tertiary/aromatic N) is 1. The highest BCUT2D eigenvalue weighted by Crippen LogP contribution is 2.39. The summed E-state index contributed by atoms with van der Waals surface area (Å²) in [7, 11) is 0. The molecule has 9 heteroatoms. The first kappa shape index (κ1) is 21.8. The fourth-order valence-electron chi connectivity index (χ4n) is 3.67. The van der Waals surface area contributed by atoms with Crippen LogP contribution in [-0.4, -0.2) is 30.9 Å². The molecule has 2 aliphatic rings. The Labute approximate surface area is 189 Å². The lowest BCUT2D eigenvalue weighted by atomic mass is 9.94. The monoisotopic (exact) mass is 458 g/mol. The van der Waals surface area contributed by atoms with Crippen molar-refractivity contribution in [1.82, 2.24) is 5.32 Å². The molecule has 166 valence electrons. The van der Waals surface area contributed by atoms with E-state index in [0.717, 1.165) is 12.1 Å². The molecule has 0 saturated heterocycles. The summed E-state index contributed by atoms with van der Waals surface area (Å²) >= 11 is 5.56. The molecule has 2 heterocycles. The molecule has 1 atom stereocenters. The van der Waals surface area contributed by atoms with Gasteiger partial charge >= 0.3 is 5.97 Å². The summed E-state index contributed by atoms with van der Waals surface area (Å²) in [5.74, 6) is -1.05. The first-order valence-corrected chi connectivity index (χ1v) is 10.3. The topological polar surface area (TPSA) is 60.0 Å². The number of benzene rings is 2. The van der Waals surface area contributed by atoms with Crippen molar-refractivity contribution in [2.45, 2.75) is 13.0 Å². The number of anilines is 1. The second kappa shape index (κ2) is 8.96. The molecule has 2 aromatic rings. The fraction of sp³-hybridized carbons (Fsp3) is 0.217. The number of fused-ring (bicyclic) bond motifs is 1. The number of thiocarbonyl (C=S) groups is 1. The average molecular weight is 458 g/mol. The number of hydrogen-bond donors (Lipinski definition) is 1. The van der Waals surface area contributed by atoms with Crippen LogP contribution in [0.5, 0.6) is 11.5 Å². The molecule has 1 unspecified atom stereocenters. The maximum Gasteiger partial charge on any atom is 0.338 e. The molecule has 0 spiro atoms. The Hall–Kier alpha value is -3.46. The van der Waals surface area contributed by atoms with E-state index in [4.69, 9.17) is 26.4 Å². The second-order valence-electron chi connectivity index (χ2n) is 7.10. The molecular formula is C23H20F2N2O4S. The zero-order valence-corrected chi connectivity index (χ0v) is 18.0. The average Bonchev–Trinajstić information content (AvgIpc) is 2.77. The fourth-order valence-corrected chi connectivity index (χ4v) is 4.03. The van der Waals surface area contributed by atoms with Crippen LogP contribution in [0.25, 0.3) is 0 Å². The van der Waals surface area contributed by atoms with Gasteiger partial charge in [0.2, 0.25) is 0 Å². The Kier molecular flexibility index (Phi) is 6.09. The van der Waals surface area contributed by atoms with E-state index in [2.05, 4.69) is 11.9 Å². The molecule has 32 heavy (non-hydrogen) atoms. The van der Waals surface area contributed by atoms with E-state index in [1.165, 1.54) is 12.1 Å². The van der Waals surface area contributed by atoms with Gasteiger partial charge in [0.25, 0.3) is 0 Å². The Balaban J connectivity index is 1.81. The number of carbonyl (C=O) groups is 1. The van der Waals surface area contributed by atoms with Crippen LogP contribution in [0.3, 0.4) is 0 Å². The molecule has 1 N–H and O–H groups in total. The highest BCUT2D eigenvalue weighted by molar-refractivity contribution is 7.80. The SMILES string of the molecule is C=CCOC(=O)C1=C(C)N(c2ccc3c(c2)OCCO3)C(=S)NC1c1ccc(F)cc1F. The Morgan fingerprint density at radius 3 is 2.72 bits per heavy atom. The minimum absolute atomic E-state index is 0.0251. The molecule has 2 aromatic carbocycles. The van der Waals surface area contributed by atoms with Crippen molar-refractivity contribution in [3.63, 3.8) is 0 Å². The molecule has 0 aromatic heterocycles. The predicted molar refractivity (Wildman–Crippen MR) is 119 cm³/mol. The van der Waals surface area contributed by atoms with Crippen molar-refractivity contribution >= 4 is 29.0 Å². The number of allylic oxidation sites excluding steroid dienone is 1. The molecule has 0 bridgehead atoms. The minimum atomic E-state index is -0.964. The number of rotatable bonds is 5. The molecule has 6 nitrogen and oxygen atoms in total. The highest BCUT2D eigenvalue weighted by atomic mass is 32.1. The number of halogens is 2. The molecule has 0 aliphatic carbocycles. The minimum Gasteiger partial charge on any atom is -0.486 e. The molecule has 0 saturated carbocycles. The summed E-state index contributed by atoms with van der Waals surface area (Å²) in [6.07, 6.45) is 1.43. The zero-order valence-electron chi connectivity index (χ0n) is 17.2. The number of carbonyl (C=O) groups excluding carboxylic acids is 1. The van der Waals surface area contributed by atoms with Gasteiger partial charge in [-0.15, -0.1) is 0 Å². The summed E-state index contributed by atoms with van der Waals surface area (Å²) in [4.78, 5) is 14.6. The lowest BCUT2D eigenvalue weighted by Crippen LogP contribution is -2.48. The molecular weight excluding hydrogens is 438 g/mol. The number of hydrogen-bond acceptors (Lipinski definition) is 5. The zero-order chi connectivity index (χ0) is 22.8. The Morgan fingerprint density at radius 2 is 2.00 bits per heavy atom. The van der Waals surface area contributed by atoms with Crippen molar-refractivity contribution in [1.29, 1.82) is 0 Å². The van der Waals surface area contributed by atoms with E-state index in [1.807, 2.05) is 0 Å². The van der Waals surface area contributed by atoms with E-state index in [-0.39, 0.29) is 22.9 Å². The second-order valence-corrected chi connectivity index (χ2v) is 7.48. The van der Waals surface area contributed by atoms with E-state index in [0.29, 0.717) is 36.1 Å². The van der Waals surface area contributed by atoms with Crippen molar-refractivity contribution < 1.29 is 27.8 Å². The largest absolute Gasteiger partial charge is 0.486 e. The van der Waals surface area contributed by atoms with E-state index in [9.17, 15) is 13.6 Å². The molecule has 2 aliphatic heterocycles. The maximum atomic E-state index is 14.6. The standard InChI is InChI=1S/C23H20F2N2O4S/c1-3-8-31-22(28)20-13(2)27(15-5-7-18-19(12-15)30-10-9-29-18)23(32)26-21(20)16-6-4-14(24)11-17(16)25/h3-7,11-12,21H,1,8-10H2,2H3,(H,26,32). The summed E-state index contributed by atoms with van der Waals surface area (Å²) < 4.78 is 44.6. The third-order valence-corrected chi connectivity index (χ3v) is 5.39. The molecule has 4 rings (SSSR count). The van der Waals surface area contributed by atoms with Crippen LogP contribution >= 0.6 is 12.2 Å². The summed E-state index contributed by atoms with van der Waals surface area (Å²) in [6, 6.07) is 7.47. The third-order valence-electron chi connectivity index (χ3n) is 5.09. The van der Waals surface area contributed by atoms with Gasteiger partial charge in [0, 0.05) is 23.4 Å². The van der Waals surface area contributed by atoms with Crippen molar-refractivity contribution in [2.24, 2.45) is 0 Å². The van der Waals surface area contributed by atoms with Crippen LogP contribution in [0.15, 0.2) is 60.3 Å². The van der Waals surface area contributed by atoms with Gasteiger partial charge in [-0.1, -0.05) is 18.7 Å². The van der Waals surface area contributed by atoms with Crippen LogP contribution in [0.4, 0.5) is 14.5 Å². The van der Waals surface area contributed by atoms with Gasteiger partial charge in [-0.3, -0.25) is 4.90 Å². The normalized spacial score (nSPS) is 17.7. The lowest BCUT2D eigenvalue weighted by Gasteiger charge is -2.37. The third kappa shape index (κ3) is 4.03. The van der Waals surface area contributed by atoms with E-state index in [1.54, 1.807) is 30.0 Å². The predicted octanol–water partition coefficient (Wildman–Crippen LogP) is 4.18. The smallest absolute Gasteiger partial charge is 0.338 e. The van der Waals surface area contributed by atoms with Gasteiger partial charge in [-0.2, -0.15) is 0 Å². The van der Waals surface area contributed by atoms with Crippen LogP contribution in [0.2, 0.25) is 0 Å². The number of esters is 1. The van der Waals surface area contributed by atoms with E-state index < -0.39 is 23.6 Å². The highest BCUT2D eigenvalue weighted by Gasteiger charge is 2.37. The van der Waals surface area contributed by atoms with Crippen LogP contribution in [0.1, 0.15) is 18.5 Å². The van der Waals surface area contributed by atoms with Gasteiger partial charge in [-0.05, 0) is 37.3 Å². The lowest BCUT2D eigenvalue weighted by molar-refractivity contribution is -0.138. The van der Waals surface area contributed by atoms with Crippen LogP contribution in [-0.2, 0) is 9.53 Å². The van der Waals surface area contributed by atoms with Gasteiger partial charge in [0.1, 0.15) is 31.5 Å². The Morgan fingerprint density at radius 1 is 1.25 bits per heavy atom. The van der Waals surface area contributed by atoms with Crippen molar-refractivity contribution in [3.05, 3.63) is 77.5 Å². The van der Waals surface area contributed by atoms with Gasteiger partial charge < -0.3 is 19.5 Å². The van der Waals surface area contributed by atoms with Crippen molar-refractivity contribution in [2.75, 3.05) is 24.7 Å². The summed E-state index contributed by atoms with van der Waals surface area (Å²) in [6.45, 7) is 6.08. The molecule has 0 amide bonds. The summed E-state index contributed by atoms with van der Waals surface area (Å²) in [5.41, 5.74) is 1.27. The maximum absolute atomic E-state index is 14.6. The number of ether oxygens (including phenoxy) is 3. The van der Waals surface area contributed by atoms with Gasteiger partial charge in [-0.25, -0.2) is 13.6 Å². The quantitative estimate of drug-likeness (QED) is 0.410. The van der Waals surface area contributed by atoms with Gasteiger partial charge in [0.05, 0.1) is 17.3 Å². The first-order valence-electron chi connectivity index (χ1n) is 9.84. The summed E-state index contributed by atoms with van der Waals surface area (Å²) in [5, 5.41) is 3.23. The molecule has 0 fully saturated rings. The Bertz CT molecular complexity index is 1130. The van der Waals surface area contributed by atoms with Crippen molar-refractivity contribution in [3.8, 4) is 11.5 Å². The number of nitrogens with one attached hydrogen (secondary N) is 1. The van der Waals surface area contributed by atoms with Gasteiger partial charge in [0.15, 0.2) is 16.6 Å². The molecule has 0 radical (unpaired) electrons. The van der Waals surface area contributed by atoms with Crippen LogP contribution < -0.4 is 19.7 Å². The van der Waals surface area contributed by atoms with E-state index >= 15 is 0 Å². The first-order chi connectivity index (χ1) is 15.4.